The van der Waals surface area contributed by atoms with Crippen LogP contribution in [0.3, 0.4) is 0 Å². The minimum absolute atomic E-state index is 0.00290. The Morgan fingerprint density at radius 2 is 2.00 bits per heavy atom. The number of rotatable bonds is 9. The Balaban J connectivity index is 1.96. The molecule has 3 rings (SSSR count). The minimum atomic E-state index is -3.94. The number of sulfone groups is 1. The second-order valence-electron chi connectivity index (χ2n) is 10.5. The first-order valence-electron chi connectivity index (χ1n) is 11.8. The van der Waals surface area contributed by atoms with Crippen LogP contribution in [0.15, 0.2) is 35.6 Å². The van der Waals surface area contributed by atoms with Crippen LogP contribution in [-0.4, -0.2) is 47.5 Å². The van der Waals surface area contributed by atoms with E-state index in [4.69, 9.17) is 4.74 Å². The zero-order valence-electron chi connectivity index (χ0n) is 20.8. The molecule has 0 N–H and O–H groups in total. The van der Waals surface area contributed by atoms with Gasteiger partial charge in [0.05, 0.1) is 36.8 Å². The van der Waals surface area contributed by atoms with Crippen molar-refractivity contribution in [2.75, 3.05) is 6.61 Å². The summed E-state index contributed by atoms with van der Waals surface area (Å²) in [6, 6.07) is 5.78. The van der Waals surface area contributed by atoms with Gasteiger partial charge >= 0.3 is 0 Å². The van der Waals surface area contributed by atoms with Crippen molar-refractivity contribution in [3.8, 4) is 0 Å². The van der Waals surface area contributed by atoms with Crippen LogP contribution in [0.25, 0.3) is 0 Å². The molecule has 2 aromatic rings. The fraction of sp³-hybridized carbons (Fsp3) is 0.600. The van der Waals surface area contributed by atoms with Gasteiger partial charge in [-0.2, -0.15) is 0 Å². The summed E-state index contributed by atoms with van der Waals surface area (Å²) in [5, 5.41) is -0.117. The number of nitrogens with zero attached hydrogens (tertiary/aromatic N) is 3. The molecule has 0 radical (unpaired) electrons. The first-order valence-corrected chi connectivity index (χ1v) is 13.4. The molecule has 9 heteroatoms. The van der Waals surface area contributed by atoms with E-state index in [1.807, 2.05) is 34.6 Å². The van der Waals surface area contributed by atoms with Crippen molar-refractivity contribution in [1.82, 2.24) is 14.5 Å². The molecule has 1 saturated heterocycles. The van der Waals surface area contributed by atoms with Gasteiger partial charge in [0.15, 0.2) is 0 Å². The van der Waals surface area contributed by atoms with Gasteiger partial charge in [-0.1, -0.05) is 39.0 Å². The van der Waals surface area contributed by atoms with Crippen molar-refractivity contribution >= 4 is 15.7 Å². The zero-order chi connectivity index (χ0) is 25.1. The Morgan fingerprint density at radius 1 is 1.29 bits per heavy atom. The summed E-state index contributed by atoms with van der Waals surface area (Å²) < 4.78 is 48.3. The third kappa shape index (κ3) is 6.66. The highest BCUT2D eigenvalue weighted by atomic mass is 32.2. The van der Waals surface area contributed by atoms with Crippen LogP contribution in [0.4, 0.5) is 4.39 Å². The number of amides is 1. The van der Waals surface area contributed by atoms with Crippen LogP contribution in [0, 0.1) is 11.2 Å². The molecule has 0 spiro atoms. The fourth-order valence-electron chi connectivity index (χ4n) is 4.13. The molecule has 1 amide bonds. The Bertz CT molecular complexity index is 1100. The van der Waals surface area contributed by atoms with Gasteiger partial charge in [-0.25, -0.2) is 17.8 Å². The molecule has 0 unspecified atom stereocenters. The minimum Gasteiger partial charge on any atom is -0.376 e. The molecule has 1 aromatic carbocycles. The molecule has 1 aliphatic rings. The average molecular weight is 494 g/mol. The number of ether oxygens (including phenoxy) is 1. The van der Waals surface area contributed by atoms with Gasteiger partial charge in [0, 0.05) is 24.6 Å². The van der Waals surface area contributed by atoms with Gasteiger partial charge in [-0.15, -0.1) is 0 Å². The molecule has 1 aliphatic heterocycles. The molecule has 188 valence electrons. The highest BCUT2D eigenvalue weighted by Crippen LogP contribution is 2.25. The van der Waals surface area contributed by atoms with Gasteiger partial charge in [0.1, 0.15) is 5.82 Å². The highest BCUT2D eigenvalue weighted by molar-refractivity contribution is 7.90. The van der Waals surface area contributed by atoms with Gasteiger partial charge in [-0.3, -0.25) is 4.79 Å². The highest BCUT2D eigenvalue weighted by Gasteiger charge is 2.30. The summed E-state index contributed by atoms with van der Waals surface area (Å²) in [5.74, 6) is -1.05. The van der Waals surface area contributed by atoms with Crippen molar-refractivity contribution in [3.63, 3.8) is 0 Å². The van der Waals surface area contributed by atoms with Crippen LogP contribution in [0.2, 0.25) is 0 Å². The predicted octanol–water partition coefficient (Wildman–Crippen LogP) is 4.35. The smallest absolute Gasteiger partial charge is 0.228 e. The van der Waals surface area contributed by atoms with E-state index in [0.717, 1.165) is 12.8 Å². The van der Waals surface area contributed by atoms with Crippen LogP contribution in [-0.2, 0) is 38.2 Å². The summed E-state index contributed by atoms with van der Waals surface area (Å²) in [7, 11) is -3.94. The van der Waals surface area contributed by atoms with Crippen molar-refractivity contribution in [2.45, 2.75) is 90.0 Å². The van der Waals surface area contributed by atoms with E-state index in [2.05, 4.69) is 4.98 Å². The predicted molar refractivity (Wildman–Crippen MR) is 128 cm³/mol. The lowest BCUT2D eigenvalue weighted by molar-refractivity contribution is -0.135. The summed E-state index contributed by atoms with van der Waals surface area (Å²) in [6.07, 6.45) is 3.50. The maximum atomic E-state index is 14.2. The second kappa shape index (κ2) is 10.6. The van der Waals surface area contributed by atoms with E-state index in [1.165, 1.54) is 24.4 Å². The molecule has 0 saturated carbocycles. The second-order valence-corrected chi connectivity index (χ2v) is 12.4. The molecule has 1 aromatic heterocycles. The molecule has 34 heavy (non-hydrogen) atoms. The van der Waals surface area contributed by atoms with Crippen LogP contribution in [0.5, 0.6) is 0 Å². The molecule has 7 nitrogen and oxygen atoms in total. The molecular formula is C25H36FN3O4S. The quantitative estimate of drug-likeness (QED) is 0.519. The molecule has 0 aliphatic carbocycles. The lowest BCUT2D eigenvalue weighted by Crippen LogP contribution is -2.39. The number of imidazole rings is 1. The summed E-state index contributed by atoms with van der Waals surface area (Å²) >= 11 is 0. The number of halogens is 1. The number of benzene rings is 1. The number of carbonyl (C=O) groups excluding carboxylic acids is 1. The van der Waals surface area contributed by atoms with Crippen molar-refractivity contribution in [1.29, 1.82) is 0 Å². The Labute approximate surface area is 202 Å². The number of carbonyl (C=O) groups is 1. The van der Waals surface area contributed by atoms with E-state index in [0.29, 0.717) is 25.3 Å². The number of hydrogen-bond acceptors (Lipinski definition) is 5. The van der Waals surface area contributed by atoms with Crippen molar-refractivity contribution < 1.29 is 22.3 Å². The maximum Gasteiger partial charge on any atom is 0.228 e. The normalized spacial score (nSPS) is 16.9. The summed E-state index contributed by atoms with van der Waals surface area (Å²) in [5.41, 5.74) is 0.551. The van der Waals surface area contributed by atoms with E-state index < -0.39 is 21.4 Å². The third-order valence-corrected chi connectivity index (χ3v) is 7.42. The lowest BCUT2D eigenvalue weighted by Gasteiger charge is -2.30. The van der Waals surface area contributed by atoms with Gasteiger partial charge in [0.2, 0.25) is 20.9 Å². The first kappa shape index (κ1) is 26.3. The van der Waals surface area contributed by atoms with E-state index in [9.17, 15) is 17.6 Å². The number of hydrogen-bond donors (Lipinski definition) is 0. The van der Waals surface area contributed by atoms with Gasteiger partial charge in [0.25, 0.3) is 0 Å². The first-order chi connectivity index (χ1) is 15.9. The van der Waals surface area contributed by atoms with Crippen LogP contribution >= 0.6 is 0 Å². The lowest BCUT2D eigenvalue weighted by atomic mass is 9.91. The molecule has 1 atom stereocenters. The summed E-state index contributed by atoms with van der Waals surface area (Å²) in [6.45, 7) is 11.1. The van der Waals surface area contributed by atoms with E-state index in [1.54, 1.807) is 15.5 Å². The molecule has 0 bridgehead atoms. The summed E-state index contributed by atoms with van der Waals surface area (Å²) in [4.78, 5) is 19.1. The third-order valence-electron chi connectivity index (χ3n) is 5.85. The van der Waals surface area contributed by atoms with Crippen LogP contribution in [0.1, 0.15) is 65.1 Å². The molecule has 2 heterocycles. The standard InChI is InChI=1S/C25H36FN3O4S/c1-18(2)28(23(30)13-25(3,4)5)15-20-14-27-24(29(20)16-21-10-8-12-33-21)34(31,32)17-19-9-6-7-11-22(19)26/h6-7,9,11,14,18,21H,8,10,12-13,15-17H2,1-5H3/t21-/m1/s1. The Morgan fingerprint density at radius 3 is 2.59 bits per heavy atom. The SMILES string of the molecule is CC(C)N(Cc1cnc(S(=O)(=O)Cc2ccccc2F)n1C[C@H]1CCCO1)C(=O)CC(C)(C)C. The van der Waals surface area contributed by atoms with Crippen LogP contribution < -0.4 is 0 Å². The van der Waals surface area contributed by atoms with E-state index >= 15 is 0 Å². The Kier molecular flexibility index (Phi) is 8.18. The molecule has 1 fully saturated rings. The fourth-order valence-corrected chi connectivity index (χ4v) is 5.64. The zero-order valence-corrected chi connectivity index (χ0v) is 21.6. The number of aromatic nitrogens is 2. The maximum absolute atomic E-state index is 14.2. The van der Waals surface area contributed by atoms with Crippen molar-refractivity contribution in [2.24, 2.45) is 5.41 Å². The average Bonchev–Trinajstić information content (AvgIpc) is 3.37. The van der Waals surface area contributed by atoms with Gasteiger partial charge < -0.3 is 14.2 Å². The topological polar surface area (TPSA) is 81.5 Å². The largest absolute Gasteiger partial charge is 0.376 e. The monoisotopic (exact) mass is 493 g/mol. The van der Waals surface area contributed by atoms with Crippen molar-refractivity contribution in [3.05, 3.63) is 47.5 Å². The van der Waals surface area contributed by atoms with E-state index in [-0.39, 0.29) is 40.7 Å². The molecular weight excluding hydrogens is 457 g/mol. The Hall–Kier alpha value is -2.26. The van der Waals surface area contributed by atoms with Gasteiger partial charge in [-0.05, 0) is 38.2 Å².